The van der Waals surface area contributed by atoms with Crippen LogP contribution in [0.15, 0.2) is 132 Å². The van der Waals surface area contributed by atoms with Crippen molar-refractivity contribution in [2.45, 2.75) is 17.1 Å². The van der Waals surface area contributed by atoms with Crippen molar-refractivity contribution < 1.29 is 19.1 Å². The topological polar surface area (TPSA) is 96.5 Å². The summed E-state index contributed by atoms with van der Waals surface area (Å²) in [6, 6.07) is 36.8. The number of anilines is 2. The number of thioether (sulfide) groups is 1. The Hall–Kier alpha value is -5.34. The van der Waals surface area contributed by atoms with E-state index in [0.717, 1.165) is 21.2 Å². The van der Waals surface area contributed by atoms with Crippen LogP contribution in [0.3, 0.4) is 0 Å². The molecule has 7 nitrogen and oxygen atoms in total. The Morgan fingerprint density at radius 2 is 1.45 bits per heavy atom. The lowest BCUT2D eigenvalue weighted by Gasteiger charge is -2.14. The lowest BCUT2D eigenvalue weighted by atomic mass is 10.0. The van der Waals surface area contributed by atoms with Crippen molar-refractivity contribution in [3.8, 4) is 5.75 Å². The van der Waals surface area contributed by atoms with Gasteiger partial charge in [-0.3, -0.25) is 14.4 Å². The third-order valence-corrected chi connectivity index (χ3v) is 7.88. The number of hydrogen-bond acceptors (Lipinski definition) is 5. The molecule has 5 rings (SSSR count). The Kier molecular flexibility index (Phi) is 9.74. The molecule has 3 N–H and O–H groups in total. The summed E-state index contributed by atoms with van der Waals surface area (Å²) in [6.45, 7) is 1.82. The molecule has 0 saturated heterocycles. The minimum absolute atomic E-state index is 0.0977. The van der Waals surface area contributed by atoms with Crippen LogP contribution in [0.2, 0.25) is 0 Å². The lowest BCUT2D eigenvalue weighted by Crippen LogP contribution is -2.30. The van der Waals surface area contributed by atoms with Gasteiger partial charge in [-0.2, -0.15) is 0 Å². The predicted molar refractivity (Wildman–Crippen MR) is 178 cm³/mol. The van der Waals surface area contributed by atoms with Crippen LogP contribution in [-0.4, -0.2) is 30.1 Å². The molecule has 3 amide bonds. The van der Waals surface area contributed by atoms with Crippen molar-refractivity contribution in [3.05, 3.63) is 138 Å². The van der Waals surface area contributed by atoms with E-state index in [1.807, 2.05) is 67.6 Å². The normalized spacial score (nSPS) is 11.8. The molecule has 0 heterocycles. The molecule has 8 heteroatoms. The predicted octanol–water partition coefficient (Wildman–Crippen LogP) is 7.38. The van der Waals surface area contributed by atoms with Gasteiger partial charge in [0.2, 0.25) is 5.91 Å². The van der Waals surface area contributed by atoms with Gasteiger partial charge in [-0.25, -0.2) is 0 Å². The number of methoxy groups -OCH3 is 1. The summed E-state index contributed by atoms with van der Waals surface area (Å²) in [7, 11) is 1.59. The molecular weight excluding hydrogens is 570 g/mol. The van der Waals surface area contributed by atoms with Gasteiger partial charge in [0.1, 0.15) is 11.4 Å². The second-order valence-corrected chi connectivity index (χ2v) is 11.3. The summed E-state index contributed by atoms with van der Waals surface area (Å²) >= 11 is 1.37. The minimum atomic E-state index is -0.477. The van der Waals surface area contributed by atoms with Crippen LogP contribution in [0, 0.1) is 0 Å². The quantitative estimate of drug-likeness (QED) is 0.115. The molecule has 0 aliphatic carbocycles. The average Bonchev–Trinajstić information content (AvgIpc) is 3.05. The Bertz CT molecular complexity index is 1820. The first-order valence-corrected chi connectivity index (χ1v) is 14.9. The summed E-state index contributed by atoms with van der Waals surface area (Å²) in [5.74, 6) is -0.319. The molecular formula is C36H31N3O4S. The highest BCUT2D eigenvalue weighted by Gasteiger charge is 2.18. The van der Waals surface area contributed by atoms with E-state index < -0.39 is 17.1 Å². The molecule has 5 aromatic rings. The number of carbonyl (C=O) groups is 3. The Labute approximate surface area is 260 Å². The molecule has 0 spiro atoms. The maximum Gasteiger partial charge on any atom is 0.272 e. The van der Waals surface area contributed by atoms with Crippen LogP contribution in [0.25, 0.3) is 16.8 Å². The van der Waals surface area contributed by atoms with Gasteiger partial charge < -0.3 is 20.7 Å². The zero-order valence-corrected chi connectivity index (χ0v) is 25.1. The van der Waals surface area contributed by atoms with E-state index >= 15 is 0 Å². The van der Waals surface area contributed by atoms with Crippen molar-refractivity contribution in [3.63, 3.8) is 0 Å². The SMILES string of the molecule is COc1ccc(NC(=O)C(C)Sc2cccc(NC(=O)/C(=C\c3cccc4ccccc34)NC(=O)c3ccccc3)c2)cc1. The fourth-order valence-corrected chi connectivity index (χ4v) is 5.42. The number of fused-ring (bicyclic) bond motifs is 1. The first-order valence-electron chi connectivity index (χ1n) is 14.0. The van der Waals surface area contributed by atoms with Crippen LogP contribution >= 0.6 is 11.8 Å². The zero-order chi connectivity index (χ0) is 30.9. The summed E-state index contributed by atoms with van der Waals surface area (Å²) in [4.78, 5) is 40.4. The van der Waals surface area contributed by atoms with Gasteiger partial charge in [0, 0.05) is 21.8 Å². The van der Waals surface area contributed by atoms with Crippen molar-refractivity contribution in [1.82, 2.24) is 5.32 Å². The molecule has 0 saturated carbocycles. The van der Waals surface area contributed by atoms with E-state index in [9.17, 15) is 14.4 Å². The minimum Gasteiger partial charge on any atom is -0.497 e. The third kappa shape index (κ3) is 7.73. The number of carbonyl (C=O) groups excluding carboxylic acids is 3. The molecule has 5 aromatic carbocycles. The van der Waals surface area contributed by atoms with Crippen LogP contribution in [0.1, 0.15) is 22.8 Å². The fraction of sp³-hybridized carbons (Fsp3) is 0.0833. The third-order valence-electron chi connectivity index (χ3n) is 6.78. The second kappa shape index (κ2) is 14.2. The molecule has 0 aromatic heterocycles. The summed E-state index contributed by atoms with van der Waals surface area (Å²) in [5.41, 5.74) is 2.53. The molecule has 1 unspecified atom stereocenters. The zero-order valence-electron chi connectivity index (χ0n) is 24.2. The van der Waals surface area contributed by atoms with E-state index in [2.05, 4.69) is 16.0 Å². The van der Waals surface area contributed by atoms with E-state index in [0.29, 0.717) is 22.7 Å². The van der Waals surface area contributed by atoms with E-state index in [1.54, 1.807) is 73.8 Å². The standard InChI is InChI=1S/C36H31N3O4S/c1-24(34(40)37-28-18-20-30(43-2)21-19-28)44-31-16-9-15-29(23-31)38-36(42)33(39-35(41)26-11-4-3-5-12-26)22-27-14-8-13-25-10-6-7-17-32(25)27/h3-24H,1-2H3,(H,37,40)(H,38,42)(H,39,41)/b33-22+. The number of rotatable bonds is 10. The molecule has 0 bridgehead atoms. The first kappa shape index (κ1) is 30.1. The highest BCUT2D eigenvalue weighted by atomic mass is 32.2. The first-order chi connectivity index (χ1) is 21.4. The van der Waals surface area contributed by atoms with Crippen LogP contribution < -0.4 is 20.7 Å². The second-order valence-electron chi connectivity index (χ2n) is 9.91. The monoisotopic (exact) mass is 601 g/mol. The van der Waals surface area contributed by atoms with Gasteiger partial charge in [0.05, 0.1) is 12.4 Å². The molecule has 0 radical (unpaired) electrons. The Balaban J connectivity index is 1.33. The van der Waals surface area contributed by atoms with Crippen molar-refractivity contribution in [2.75, 3.05) is 17.7 Å². The largest absolute Gasteiger partial charge is 0.497 e. The highest BCUT2D eigenvalue weighted by molar-refractivity contribution is 8.00. The van der Waals surface area contributed by atoms with Crippen LogP contribution in [0.4, 0.5) is 11.4 Å². The summed E-state index contributed by atoms with van der Waals surface area (Å²) in [5, 5.41) is 10.2. The molecule has 44 heavy (non-hydrogen) atoms. The number of hydrogen-bond donors (Lipinski definition) is 3. The van der Waals surface area contributed by atoms with Crippen molar-refractivity contribution in [2.24, 2.45) is 0 Å². The van der Waals surface area contributed by atoms with Crippen molar-refractivity contribution in [1.29, 1.82) is 0 Å². The highest BCUT2D eigenvalue weighted by Crippen LogP contribution is 2.27. The summed E-state index contributed by atoms with van der Waals surface area (Å²) in [6.07, 6.45) is 1.68. The Morgan fingerprint density at radius 3 is 2.23 bits per heavy atom. The van der Waals surface area contributed by atoms with Gasteiger partial charge in [0.15, 0.2) is 0 Å². The molecule has 220 valence electrons. The van der Waals surface area contributed by atoms with Crippen LogP contribution in [-0.2, 0) is 9.59 Å². The van der Waals surface area contributed by atoms with E-state index in [4.69, 9.17) is 4.74 Å². The van der Waals surface area contributed by atoms with E-state index in [-0.39, 0.29) is 11.6 Å². The molecule has 0 fully saturated rings. The smallest absolute Gasteiger partial charge is 0.272 e. The van der Waals surface area contributed by atoms with E-state index in [1.165, 1.54) is 11.8 Å². The van der Waals surface area contributed by atoms with Gasteiger partial charge in [-0.05, 0) is 83.9 Å². The van der Waals surface area contributed by atoms with Gasteiger partial charge >= 0.3 is 0 Å². The Morgan fingerprint density at radius 1 is 0.750 bits per heavy atom. The van der Waals surface area contributed by atoms with Gasteiger partial charge in [0.25, 0.3) is 11.8 Å². The molecule has 0 aliphatic heterocycles. The van der Waals surface area contributed by atoms with Crippen LogP contribution in [0.5, 0.6) is 5.75 Å². The van der Waals surface area contributed by atoms with Crippen molar-refractivity contribution >= 4 is 57.7 Å². The number of ether oxygens (including phenoxy) is 1. The number of benzene rings is 5. The number of amides is 3. The fourth-order valence-electron chi connectivity index (χ4n) is 4.50. The maximum atomic E-state index is 13.6. The average molecular weight is 602 g/mol. The summed E-state index contributed by atoms with van der Waals surface area (Å²) < 4.78 is 5.17. The van der Waals surface area contributed by atoms with Gasteiger partial charge in [-0.1, -0.05) is 66.7 Å². The maximum absolute atomic E-state index is 13.6. The molecule has 0 aliphatic rings. The molecule has 1 atom stereocenters. The van der Waals surface area contributed by atoms with Gasteiger partial charge in [-0.15, -0.1) is 11.8 Å². The number of nitrogens with one attached hydrogen (secondary N) is 3. The lowest BCUT2D eigenvalue weighted by molar-refractivity contribution is -0.115.